The zero-order chi connectivity index (χ0) is 17.1. The lowest BCUT2D eigenvalue weighted by atomic mass is 10.1. The number of methoxy groups -OCH3 is 2. The summed E-state index contributed by atoms with van der Waals surface area (Å²) in [5.74, 6) is 1.57. The van der Waals surface area contributed by atoms with Gasteiger partial charge in [-0.25, -0.2) is 0 Å². The van der Waals surface area contributed by atoms with Crippen LogP contribution in [0.25, 0.3) is 0 Å². The van der Waals surface area contributed by atoms with E-state index in [-0.39, 0.29) is 0 Å². The Labute approximate surface area is 143 Å². The number of anilines is 1. The lowest BCUT2D eigenvalue weighted by Crippen LogP contribution is -2.46. The number of nitrogens with zero attached hydrogens (tertiary/aromatic N) is 3. The van der Waals surface area contributed by atoms with Crippen molar-refractivity contribution in [1.29, 1.82) is 0 Å². The number of aromatic nitrogens is 2. The van der Waals surface area contributed by atoms with E-state index in [2.05, 4.69) is 46.0 Å². The highest BCUT2D eigenvalue weighted by atomic mass is 16.5. The number of rotatable bonds is 5. The predicted molar refractivity (Wildman–Crippen MR) is 95.1 cm³/mol. The molecule has 3 rings (SSSR count). The smallest absolute Gasteiger partial charge is 0.161 e. The van der Waals surface area contributed by atoms with Crippen LogP contribution in [0.4, 0.5) is 5.69 Å². The summed E-state index contributed by atoms with van der Waals surface area (Å²) < 4.78 is 10.7. The van der Waals surface area contributed by atoms with Crippen molar-refractivity contribution in [2.75, 3.05) is 45.3 Å². The molecule has 1 fully saturated rings. The standard InChI is InChI=1S/C18H26N4O2/c1-13-18(14(2)20-19-13)22-9-7-21(8-10-22)12-15-5-6-16(23-3)17(11-15)24-4/h5-6,11H,7-10,12H2,1-4H3,(H,19,20). The van der Waals surface area contributed by atoms with Gasteiger partial charge in [0.25, 0.3) is 0 Å². The first kappa shape index (κ1) is 16.6. The number of hydrogen-bond acceptors (Lipinski definition) is 5. The average molecular weight is 330 g/mol. The average Bonchev–Trinajstić information content (AvgIpc) is 2.94. The van der Waals surface area contributed by atoms with E-state index in [1.54, 1.807) is 14.2 Å². The fraction of sp³-hybridized carbons (Fsp3) is 0.500. The van der Waals surface area contributed by atoms with E-state index in [9.17, 15) is 0 Å². The van der Waals surface area contributed by atoms with Gasteiger partial charge in [-0.1, -0.05) is 6.07 Å². The largest absolute Gasteiger partial charge is 0.493 e. The van der Waals surface area contributed by atoms with Gasteiger partial charge < -0.3 is 14.4 Å². The third kappa shape index (κ3) is 3.33. The summed E-state index contributed by atoms with van der Waals surface area (Å²) in [6.45, 7) is 9.21. The summed E-state index contributed by atoms with van der Waals surface area (Å²) in [6, 6.07) is 6.15. The summed E-state index contributed by atoms with van der Waals surface area (Å²) in [5.41, 5.74) is 4.75. The van der Waals surface area contributed by atoms with Crippen molar-refractivity contribution in [3.8, 4) is 11.5 Å². The van der Waals surface area contributed by atoms with Crippen molar-refractivity contribution in [3.63, 3.8) is 0 Å². The molecular formula is C18H26N4O2. The molecular weight excluding hydrogens is 304 g/mol. The van der Waals surface area contributed by atoms with E-state index in [1.165, 1.54) is 11.3 Å². The zero-order valence-electron chi connectivity index (χ0n) is 14.9. The first-order valence-corrected chi connectivity index (χ1v) is 8.32. The minimum absolute atomic E-state index is 0.775. The molecule has 0 radical (unpaired) electrons. The Hall–Kier alpha value is -2.21. The topological polar surface area (TPSA) is 53.6 Å². The Balaban J connectivity index is 1.61. The van der Waals surface area contributed by atoms with Crippen LogP contribution in [0.3, 0.4) is 0 Å². The summed E-state index contributed by atoms with van der Waals surface area (Å²) >= 11 is 0. The van der Waals surface area contributed by atoms with Crippen molar-refractivity contribution < 1.29 is 9.47 Å². The molecule has 1 saturated heterocycles. The predicted octanol–water partition coefficient (Wildman–Crippen LogP) is 2.37. The summed E-state index contributed by atoms with van der Waals surface area (Å²) in [6.07, 6.45) is 0. The second-order valence-electron chi connectivity index (χ2n) is 6.24. The number of benzene rings is 1. The molecule has 0 unspecified atom stereocenters. The minimum atomic E-state index is 0.775. The molecule has 1 aromatic carbocycles. The Kier molecular flexibility index (Phi) is 4.94. The van der Waals surface area contributed by atoms with Crippen molar-refractivity contribution in [1.82, 2.24) is 15.1 Å². The second kappa shape index (κ2) is 7.13. The van der Waals surface area contributed by atoms with Gasteiger partial charge in [0.05, 0.1) is 31.3 Å². The normalized spacial score (nSPS) is 15.6. The molecule has 130 valence electrons. The SMILES string of the molecule is COc1ccc(CN2CCN(c3c(C)n[nH]c3C)CC2)cc1OC. The van der Waals surface area contributed by atoms with Crippen LogP contribution in [0.2, 0.25) is 0 Å². The van der Waals surface area contributed by atoms with Crippen LogP contribution < -0.4 is 14.4 Å². The van der Waals surface area contributed by atoms with Crippen LogP contribution in [0.5, 0.6) is 11.5 Å². The molecule has 0 saturated carbocycles. The fourth-order valence-electron chi connectivity index (χ4n) is 3.38. The maximum absolute atomic E-state index is 5.40. The molecule has 1 aromatic heterocycles. The Morgan fingerprint density at radius 2 is 1.75 bits per heavy atom. The number of hydrogen-bond donors (Lipinski definition) is 1. The Bertz CT molecular complexity index is 671. The molecule has 2 heterocycles. The van der Waals surface area contributed by atoms with Gasteiger partial charge in [-0.05, 0) is 31.5 Å². The highest BCUT2D eigenvalue weighted by Gasteiger charge is 2.21. The van der Waals surface area contributed by atoms with Crippen LogP contribution in [-0.2, 0) is 6.54 Å². The summed E-state index contributed by atoms with van der Waals surface area (Å²) in [5, 5.41) is 7.39. The van der Waals surface area contributed by atoms with Gasteiger partial charge in [-0.15, -0.1) is 0 Å². The van der Waals surface area contributed by atoms with Gasteiger partial charge >= 0.3 is 0 Å². The number of ether oxygens (including phenoxy) is 2. The second-order valence-corrected chi connectivity index (χ2v) is 6.24. The molecule has 1 N–H and O–H groups in total. The monoisotopic (exact) mass is 330 g/mol. The molecule has 0 aliphatic carbocycles. The van der Waals surface area contributed by atoms with Crippen molar-refractivity contribution in [2.45, 2.75) is 20.4 Å². The first-order chi connectivity index (χ1) is 11.6. The van der Waals surface area contributed by atoms with E-state index in [4.69, 9.17) is 9.47 Å². The van der Waals surface area contributed by atoms with E-state index in [1.807, 2.05) is 6.07 Å². The lowest BCUT2D eigenvalue weighted by Gasteiger charge is -2.36. The first-order valence-electron chi connectivity index (χ1n) is 8.32. The Morgan fingerprint density at radius 3 is 2.33 bits per heavy atom. The number of aryl methyl sites for hydroxylation is 2. The van der Waals surface area contributed by atoms with E-state index in [0.29, 0.717) is 0 Å². The summed E-state index contributed by atoms with van der Waals surface area (Å²) in [7, 11) is 3.34. The molecule has 0 spiro atoms. The van der Waals surface area contributed by atoms with Crippen molar-refractivity contribution in [2.24, 2.45) is 0 Å². The highest BCUT2D eigenvalue weighted by Crippen LogP contribution is 2.28. The maximum Gasteiger partial charge on any atom is 0.161 e. The Morgan fingerprint density at radius 1 is 1.04 bits per heavy atom. The number of nitrogens with one attached hydrogen (secondary N) is 1. The van der Waals surface area contributed by atoms with Gasteiger partial charge in [0.1, 0.15) is 0 Å². The van der Waals surface area contributed by atoms with E-state index < -0.39 is 0 Å². The fourth-order valence-corrected chi connectivity index (χ4v) is 3.38. The summed E-state index contributed by atoms with van der Waals surface area (Å²) in [4.78, 5) is 4.90. The molecule has 6 heteroatoms. The molecule has 0 amide bonds. The van der Waals surface area contributed by atoms with Crippen LogP contribution >= 0.6 is 0 Å². The number of piperazine rings is 1. The van der Waals surface area contributed by atoms with E-state index >= 15 is 0 Å². The van der Waals surface area contributed by atoms with Crippen LogP contribution in [0.1, 0.15) is 17.0 Å². The van der Waals surface area contributed by atoms with Crippen molar-refractivity contribution >= 4 is 5.69 Å². The van der Waals surface area contributed by atoms with Gasteiger partial charge in [0.2, 0.25) is 0 Å². The third-order valence-electron chi connectivity index (χ3n) is 4.63. The minimum Gasteiger partial charge on any atom is -0.493 e. The lowest BCUT2D eigenvalue weighted by molar-refractivity contribution is 0.249. The van der Waals surface area contributed by atoms with Gasteiger partial charge in [-0.3, -0.25) is 10.00 Å². The molecule has 1 aliphatic heterocycles. The van der Waals surface area contributed by atoms with Gasteiger partial charge in [0.15, 0.2) is 11.5 Å². The maximum atomic E-state index is 5.40. The molecule has 2 aromatic rings. The van der Waals surface area contributed by atoms with Crippen LogP contribution in [0, 0.1) is 13.8 Å². The molecule has 0 bridgehead atoms. The van der Waals surface area contributed by atoms with Crippen LogP contribution in [-0.4, -0.2) is 55.5 Å². The highest BCUT2D eigenvalue weighted by molar-refractivity contribution is 5.54. The van der Waals surface area contributed by atoms with E-state index in [0.717, 1.165) is 55.6 Å². The number of H-pyrrole nitrogens is 1. The third-order valence-corrected chi connectivity index (χ3v) is 4.63. The molecule has 24 heavy (non-hydrogen) atoms. The molecule has 0 atom stereocenters. The van der Waals surface area contributed by atoms with Crippen molar-refractivity contribution in [3.05, 3.63) is 35.2 Å². The molecule has 6 nitrogen and oxygen atoms in total. The van der Waals surface area contributed by atoms with Crippen LogP contribution in [0.15, 0.2) is 18.2 Å². The van der Waals surface area contributed by atoms with Gasteiger partial charge in [0, 0.05) is 32.7 Å². The molecule has 1 aliphatic rings. The quantitative estimate of drug-likeness (QED) is 0.912. The zero-order valence-corrected chi connectivity index (χ0v) is 14.9. The van der Waals surface area contributed by atoms with Gasteiger partial charge in [-0.2, -0.15) is 5.10 Å². The number of aromatic amines is 1.